The summed E-state index contributed by atoms with van der Waals surface area (Å²) >= 11 is 5.73. The molecule has 0 bridgehead atoms. The zero-order chi connectivity index (χ0) is 16.4. The Labute approximate surface area is 159 Å². The fourth-order valence-corrected chi connectivity index (χ4v) is 2.32. The number of nitrogens with zero attached hydrogens (tertiary/aromatic N) is 2. The zero-order valence-electron chi connectivity index (χ0n) is 13.2. The summed E-state index contributed by atoms with van der Waals surface area (Å²) in [5.41, 5.74) is 1.07. The maximum atomic E-state index is 11.3. The molecule has 3 N–H and O–H groups in total. The van der Waals surface area contributed by atoms with Crippen LogP contribution in [0.2, 0.25) is 5.15 Å². The number of hydrogen-bond donors (Lipinski definition) is 3. The fraction of sp³-hybridized carbons (Fsp3) is 0.538. The van der Waals surface area contributed by atoms with Crippen molar-refractivity contribution in [2.24, 2.45) is 4.99 Å². The molecule has 1 aromatic heterocycles. The molecule has 0 spiro atoms. The van der Waals surface area contributed by atoms with Crippen LogP contribution in [0.25, 0.3) is 0 Å². The summed E-state index contributed by atoms with van der Waals surface area (Å²) < 4.78 is 25.0. The van der Waals surface area contributed by atoms with Gasteiger partial charge in [0.2, 0.25) is 10.0 Å². The molecule has 1 heterocycles. The predicted molar refractivity (Wildman–Crippen MR) is 105 cm³/mol. The van der Waals surface area contributed by atoms with Gasteiger partial charge in [0.1, 0.15) is 5.15 Å². The number of aromatic nitrogens is 1. The van der Waals surface area contributed by atoms with Crippen LogP contribution >= 0.6 is 35.6 Å². The predicted octanol–water partition coefficient (Wildman–Crippen LogP) is 1.000. The van der Waals surface area contributed by atoms with Crippen molar-refractivity contribution in [2.75, 3.05) is 32.4 Å². The Bertz CT molecular complexity index is 581. The average molecular weight is 476 g/mol. The van der Waals surface area contributed by atoms with E-state index in [0.717, 1.165) is 12.0 Å². The molecule has 7 nitrogen and oxygen atoms in total. The molecule has 0 saturated heterocycles. The highest BCUT2D eigenvalue weighted by Crippen LogP contribution is 2.05. The highest BCUT2D eigenvalue weighted by molar-refractivity contribution is 14.0. The van der Waals surface area contributed by atoms with Crippen molar-refractivity contribution in [3.05, 3.63) is 29.0 Å². The minimum Gasteiger partial charge on any atom is -0.356 e. The van der Waals surface area contributed by atoms with Crippen LogP contribution in [0, 0.1) is 0 Å². The first-order valence-electron chi connectivity index (χ1n) is 6.99. The molecular formula is C13H23ClIN5O2S. The molecule has 10 heteroatoms. The van der Waals surface area contributed by atoms with Crippen molar-refractivity contribution in [3.8, 4) is 0 Å². The molecule has 0 unspecified atom stereocenters. The first-order chi connectivity index (χ1) is 10.5. The van der Waals surface area contributed by atoms with E-state index in [9.17, 15) is 8.42 Å². The second kappa shape index (κ2) is 11.8. The topological polar surface area (TPSA) is 95.5 Å². The van der Waals surface area contributed by atoms with E-state index in [-0.39, 0.29) is 29.7 Å². The summed E-state index contributed by atoms with van der Waals surface area (Å²) in [6.07, 6.45) is 2.52. The Kier molecular flexibility index (Phi) is 11.5. The molecule has 0 atom stereocenters. The molecule has 0 amide bonds. The van der Waals surface area contributed by atoms with E-state index in [1.165, 1.54) is 0 Å². The molecular weight excluding hydrogens is 453 g/mol. The minimum absolute atomic E-state index is 0. The van der Waals surface area contributed by atoms with Crippen LogP contribution in [0.15, 0.2) is 23.3 Å². The summed E-state index contributed by atoms with van der Waals surface area (Å²) in [5, 5.41) is 6.66. The molecule has 0 radical (unpaired) electrons. The van der Waals surface area contributed by atoms with Crippen LogP contribution in [0.3, 0.4) is 0 Å². The van der Waals surface area contributed by atoms with Crippen molar-refractivity contribution in [1.82, 2.24) is 20.3 Å². The first-order valence-corrected chi connectivity index (χ1v) is 9.02. The largest absolute Gasteiger partial charge is 0.356 e. The van der Waals surface area contributed by atoms with Gasteiger partial charge in [0.25, 0.3) is 0 Å². The molecule has 1 rings (SSSR count). The van der Waals surface area contributed by atoms with Crippen molar-refractivity contribution in [3.63, 3.8) is 0 Å². The van der Waals surface area contributed by atoms with Gasteiger partial charge in [-0.1, -0.05) is 17.7 Å². The third-order valence-corrected chi connectivity index (χ3v) is 4.47. The van der Waals surface area contributed by atoms with Crippen LogP contribution in [0.4, 0.5) is 0 Å². The first kappa shape index (κ1) is 22.4. The number of pyridine rings is 1. The van der Waals surface area contributed by atoms with E-state index in [2.05, 4.69) is 25.3 Å². The Morgan fingerprint density at radius 2 is 1.96 bits per heavy atom. The van der Waals surface area contributed by atoms with Crippen LogP contribution in [-0.4, -0.2) is 51.8 Å². The molecule has 0 fully saturated rings. The van der Waals surface area contributed by atoms with Crippen LogP contribution < -0.4 is 15.4 Å². The molecule has 23 heavy (non-hydrogen) atoms. The van der Waals surface area contributed by atoms with Gasteiger partial charge in [-0.25, -0.2) is 18.1 Å². The van der Waals surface area contributed by atoms with E-state index >= 15 is 0 Å². The number of aliphatic imine (C=N–C) groups is 1. The maximum Gasteiger partial charge on any atom is 0.211 e. The van der Waals surface area contributed by atoms with Crippen LogP contribution in [0.1, 0.15) is 12.5 Å². The number of sulfonamides is 1. The lowest BCUT2D eigenvalue weighted by atomic mass is 10.2. The lowest BCUT2D eigenvalue weighted by Crippen LogP contribution is -2.42. The van der Waals surface area contributed by atoms with Gasteiger partial charge in [0.05, 0.1) is 5.75 Å². The molecule has 1 aromatic rings. The molecule has 0 aliphatic heterocycles. The normalized spacial score (nSPS) is 11.7. The van der Waals surface area contributed by atoms with Gasteiger partial charge < -0.3 is 10.6 Å². The van der Waals surface area contributed by atoms with Gasteiger partial charge in [-0.05, 0) is 25.0 Å². The Hall–Kier alpha value is -0.650. The van der Waals surface area contributed by atoms with E-state index in [0.29, 0.717) is 30.7 Å². The Balaban J connectivity index is 0.00000484. The van der Waals surface area contributed by atoms with Crippen molar-refractivity contribution in [1.29, 1.82) is 0 Å². The third-order valence-electron chi connectivity index (χ3n) is 2.84. The average Bonchev–Trinajstić information content (AvgIpc) is 2.51. The van der Waals surface area contributed by atoms with Gasteiger partial charge in [0, 0.05) is 32.9 Å². The van der Waals surface area contributed by atoms with Crippen LogP contribution in [-0.2, 0) is 16.4 Å². The number of rotatable bonds is 8. The standard InChI is InChI=1S/C13H22ClN5O2S.HI/c1-3-22(20,21)19-9-8-17-13(15-2)16-7-6-11-4-5-12(14)18-10-11;/h4-5,10,19H,3,6-9H2,1-2H3,(H2,15,16,17);1H. The van der Waals surface area contributed by atoms with Crippen molar-refractivity contribution in [2.45, 2.75) is 13.3 Å². The van der Waals surface area contributed by atoms with E-state index in [1.807, 2.05) is 6.07 Å². The van der Waals surface area contributed by atoms with Crippen molar-refractivity contribution >= 4 is 51.6 Å². The van der Waals surface area contributed by atoms with Gasteiger partial charge in [-0.3, -0.25) is 4.99 Å². The summed E-state index contributed by atoms with van der Waals surface area (Å²) in [6.45, 7) is 3.06. The smallest absolute Gasteiger partial charge is 0.211 e. The second-order valence-electron chi connectivity index (χ2n) is 4.46. The van der Waals surface area contributed by atoms with Crippen LogP contribution in [0.5, 0.6) is 0 Å². The summed E-state index contributed by atoms with van der Waals surface area (Å²) in [7, 11) is -1.49. The highest BCUT2D eigenvalue weighted by atomic mass is 127. The summed E-state index contributed by atoms with van der Waals surface area (Å²) in [6, 6.07) is 3.68. The summed E-state index contributed by atoms with van der Waals surface area (Å²) in [4.78, 5) is 8.08. The number of halogens is 2. The van der Waals surface area contributed by atoms with Gasteiger partial charge >= 0.3 is 0 Å². The monoisotopic (exact) mass is 475 g/mol. The lowest BCUT2D eigenvalue weighted by molar-refractivity contribution is 0.582. The molecule has 0 aromatic carbocycles. The zero-order valence-corrected chi connectivity index (χ0v) is 17.1. The highest BCUT2D eigenvalue weighted by Gasteiger charge is 2.05. The summed E-state index contributed by atoms with van der Waals surface area (Å²) in [5.74, 6) is 0.701. The minimum atomic E-state index is -3.15. The molecule has 0 aliphatic carbocycles. The maximum absolute atomic E-state index is 11.3. The van der Waals surface area contributed by atoms with E-state index in [1.54, 1.807) is 26.2 Å². The molecule has 0 aliphatic rings. The fourth-order valence-electron chi connectivity index (χ4n) is 1.59. The van der Waals surface area contributed by atoms with E-state index in [4.69, 9.17) is 11.6 Å². The molecule has 132 valence electrons. The number of hydrogen-bond acceptors (Lipinski definition) is 4. The van der Waals surface area contributed by atoms with Gasteiger partial charge in [-0.2, -0.15) is 0 Å². The van der Waals surface area contributed by atoms with Gasteiger partial charge in [0.15, 0.2) is 5.96 Å². The SMILES string of the molecule is CCS(=O)(=O)NCCNC(=NC)NCCc1ccc(Cl)nc1.I. The molecule has 0 saturated carbocycles. The number of guanidine groups is 1. The Morgan fingerprint density at radius 3 is 2.52 bits per heavy atom. The second-order valence-corrected chi connectivity index (χ2v) is 6.95. The lowest BCUT2D eigenvalue weighted by Gasteiger charge is -2.12. The van der Waals surface area contributed by atoms with Gasteiger partial charge in [-0.15, -0.1) is 24.0 Å². The third kappa shape index (κ3) is 9.95. The quantitative estimate of drug-likeness (QED) is 0.171. The number of nitrogens with one attached hydrogen (secondary N) is 3. The van der Waals surface area contributed by atoms with Crippen molar-refractivity contribution < 1.29 is 8.42 Å². The Morgan fingerprint density at radius 1 is 1.26 bits per heavy atom. The van der Waals surface area contributed by atoms with E-state index < -0.39 is 10.0 Å².